The predicted octanol–water partition coefficient (Wildman–Crippen LogP) is 0.990. The summed E-state index contributed by atoms with van der Waals surface area (Å²) in [4.78, 5) is 14.2. The van der Waals surface area contributed by atoms with Crippen LogP contribution >= 0.6 is 0 Å². The number of rotatable bonds is 3. The normalized spacial score (nSPS) is 21.2. The molecule has 1 aromatic rings. The number of aryl methyl sites for hydroxylation is 1. The first kappa shape index (κ1) is 13.6. The van der Waals surface area contributed by atoms with Gasteiger partial charge in [0.1, 0.15) is 0 Å². The van der Waals surface area contributed by atoms with Gasteiger partial charge in [-0.3, -0.25) is 4.79 Å². The van der Waals surface area contributed by atoms with E-state index in [2.05, 4.69) is 0 Å². The summed E-state index contributed by atoms with van der Waals surface area (Å²) in [6.45, 7) is 2.63. The van der Waals surface area contributed by atoms with Crippen LogP contribution in [-0.2, 0) is 14.8 Å². The maximum absolute atomic E-state index is 12.6. The topological polar surface area (TPSA) is 57.7 Å². The fourth-order valence-corrected chi connectivity index (χ4v) is 4.23. The molecule has 108 valence electrons. The summed E-state index contributed by atoms with van der Waals surface area (Å²) in [5.74, 6) is -0.0732. The predicted molar refractivity (Wildman–Crippen MR) is 74.7 cm³/mol. The maximum Gasteiger partial charge on any atom is 0.243 e. The third-order valence-electron chi connectivity index (χ3n) is 3.92. The van der Waals surface area contributed by atoms with Gasteiger partial charge in [-0.05, 0) is 31.4 Å². The Bertz CT molecular complexity index is 638. The molecule has 1 aliphatic carbocycles. The Morgan fingerprint density at radius 1 is 1.15 bits per heavy atom. The van der Waals surface area contributed by atoms with E-state index >= 15 is 0 Å². The second-order valence-corrected chi connectivity index (χ2v) is 7.33. The molecule has 1 saturated heterocycles. The number of carbonyl (C=O) groups excluding carboxylic acids is 1. The van der Waals surface area contributed by atoms with Gasteiger partial charge < -0.3 is 4.90 Å². The molecule has 20 heavy (non-hydrogen) atoms. The lowest BCUT2D eigenvalue weighted by Crippen LogP contribution is -2.52. The van der Waals surface area contributed by atoms with Crippen LogP contribution in [0.15, 0.2) is 29.2 Å². The minimum absolute atomic E-state index is 0.0346. The fraction of sp³-hybridized carbons (Fsp3) is 0.500. The van der Waals surface area contributed by atoms with Crippen LogP contribution in [0.4, 0.5) is 0 Å². The molecule has 0 radical (unpaired) electrons. The Morgan fingerprint density at radius 2 is 1.85 bits per heavy atom. The molecule has 5 nitrogen and oxygen atoms in total. The van der Waals surface area contributed by atoms with Gasteiger partial charge in [0.15, 0.2) is 0 Å². The molecular formula is C14H18N2O3S. The Kier molecular flexibility index (Phi) is 3.30. The van der Waals surface area contributed by atoms with Gasteiger partial charge in [-0.1, -0.05) is 18.2 Å². The lowest BCUT2D eigenvalue weighted by atomic mass is 10.2. The second kappa shape index (κ2) is 4.86. The molecule has 6 heteroatoms. The van der Waals surface area contributed by atoms with Crippen molar-refractivity contribution in [1.82, 2.24) is 9.21 Å². The molecule has 0 bridgehead atoms. The molecule has 1 aliphatic heterocycles. The highest BCUT2D eigenvalue weighted by molar-refractivity contribution is 7.89. The lowest BCUT2D eigenvalue weighted by Gasteiger charge is -2.34. The van der Waals surface area contributed by atoms with Gasteiger partial charge in [0.25, 0.3) is 0 Å². The van der Waals surface area contributed by atoms with Gasteiger partial charge in [0, 0.05) is 19.1 Å². The summed E-state index contributed by atoms with van der Waals surface area (Å²) >= 11 is 0. The van der Waals surface area contributed by atoms with Crippen LogP contribution in [0.3, 0.4) is 0 Å². The van der Waals surface area contributed by atoms with E-state index in [-0.39, 0.29) is 12.5 Å². The van der Waals surface area contributed by atoms with Crippen LogP contribution < -0.4 is 0 Å². The van der Waals surface area contributed by atoms with Crippen molar-refractivity contribution in [3.63, 3.8) is 0 Å². The van der Waals surface area contributed by atoms with Crippen LogP contribution in [0.1, 0.15) is 18.4 Å². The largest absolute Gasteiger partial charge is 0.337 e. The standard InChI is InChI=1S/C14H18N2O3S/c1-11-4-2-3-5-13(11)20(18,19)15-8-9-16(12-6-7-12)14(17)10-15/h2-5,12H,6-10H2,1H3. The molecule has 1 heterocycles. The summed E-state index contributed by atoms with van der Waals surface area (Å²) in [6, 6.07) is 7.25. The number of amides is 1. The first-order chi connectivity index (χ1) is 9.50. The number of hydrogen-bond acceptors (Lipinski definition) is 3. The fourth-order valence-electron chi connectivity index (χ4n) is 2.63. The molecule has 3 rings (SSSR count). The molecule has 0 unspecified atom stereocenters. The highest BCUT2D eigenvalue weighted by Crippen LogP contribution is 2.29. The van der Waals surface area contributed by atoms with Crippen molar-refractivity contribution < 1.29 is 13.2 Å². The smallest absolute Gasteiger partial charge is 0.243 e. The molecule has 1 amide bonds. The third kappa shape index (κ3) is 2.33. The minimum Gasteiger partial charge on any atom is -0.337 e. The Morgan fingerprint density at radius 3 is 2.45 bits per heavy atom. The van der Waals surface area contributed by atoms with Crippen LogP contribution in [0.25, 0.3) is 0 Å². The summed E-state index contributed by atoms with van der Waals surface area (Å²) in [5, 5.41) is 0. The van der Waals surface area contributed by atoms with Crippen molar-refractivity contribution in [3.8, 4) is 0 Å². The van der Waals surface area contributed by atoms with Gasteiger partial charge in [-0.15, -0.1) is 0 Å². The third-order valence-corrected chi connectivity index (χ3v) is 5.93. The van der Waals surface area contributed by atoms with Crippen molar-refractivity contribution in [2.75, 3.05) is 19.6 Å². The SMILES string of the molecule is Cc1ccccc1S(=O)(=O)N1CCN(C2CC2)C(=O)C1. The zero-order valence-electron chi connectivity index (χ0n) is 11.4. The quantitative estimate of drug-likeness (QED) is 0.835. The first-order valence-corrected chi connectivity index (χ1v) is 8.29. The monoisotopic (exact) mass is 294 g/mol. The van der Waals surface area contributed by atoms with Crippen molar-refractivity contribution in [3.05, 3.63) is 29.8 Å². The van der Waals surface area contributed by atoms with Crippen LogP contribution in [0.5, 0.6) is 0 Å². The second-order valence-electron chi connectivity index (χ2n) is 5.42. The van der Waals surface area contributed by atoms with E-state index in [1.807, 2.05) is 11.0 Å². The van der Waals surface area contributed by atoms with Crippen molar-refractivity contribution in [1.29, 1.82) is 0 Å². The van der Waals surface area contributed by atoms with Crippen molar-refractivity contribution >= 4 is 15.9 Å². The highest BCUT2D eigenvalue weighted by Gasteiger charge is 2.39. The number of benzene rings is 1. The van der Waals surface area contributed by atoms with E-state index in [0.717, 1.165) is 12.8 Å². The molecule has 1 saturated carbocycles. The van der Waals surface area contributed by atoms with E-state index in [1.165, 1.54) is 4.31 Å². The Labute approximate surface area is 119 Å². The molecule has 2 fully saturated rings. The van der Waals surface area contributed by atoms with E-state index in [1.54, 1.807) is 25.1 Å². The van der Waals surface area contributed by atoms with Gasteiger partial charge in [0.05, 0.1) is 11.4 Å². The number of carbonyl (C=O) groups is 1. The number of nitrogens with zero attached hydrogens (tertiary/aromatic N) is 2. The van der Waals surface area contributed by atoms with Crippen molar-refractivity contribution in [2.45, 2.75) is 30.7 Å². The van der Waals surface area contributed by atoms with Gasteiger partial charge in [-0.25, -0.2) is 8.42 Å². The molecule has 0 aromatic heterocycles. The van der Waals surface area contributed by atoms with Gasteiger partial charge >= 0.3 is 0 Å². The Hall–Kier alpha value is -1.40. The van der Waals surface area contributed by atoms with Crippen LogP contribution in [0, 0.1) is 6.92 Å². The zero-order chi connectivity index (χ0) is 14.3. The molecule has 2 aliphatic rings. The average molecular weight is 294 g/mol. The summed E-state index contributed by atoms with van der Waals surface area (Å²) in [5.41, 5.74) is 0.713. The minimum atomic E-state index is -3.57. The lowest BCUT2D eigenvalue weighted by molar-refractivity contribution is -0.134. The first-order valence-electron chi connectivity index (χ1n) is 6.85. The van der Waals surface area contributed by atoms with Crippen LogP contribution in [-0.4, -0.2) is 49.2 Å². The average Bonchev–Trinajstić information content (AvgIpc) is 3.23. The summed E-state index contributed by atoms with van der Waals surface area (Å²) in [7, 11) is -3.57. The molecule has 0 N–H and O–H groups in total. The van der Waals surface area contributed by atoms with E-state index < -0.39 is 10.0 Å². The number of hydrogen-bond donors (Lipinski definition) is 0. The van der Waals surface area contributed by atoms with Gasteiger partial charge in [0.2, 0.25) is 15.9 Å². The molecule has 0 spiro atoms. The van der Waals surface area contributed by atoms with E-state index in [9.17, 15) is 13.2 Å². The highest BCUT2D eigenvalue weighted by atomic mass is 32.2. The van der Waals surface area contributed by atoms with Crippen LogP contribution in [0.2, 0.25) is 0 Å². The molecule has 1 aromatic carbocycles. The summed E-state index contributed by atoms with van der Waals surface area (Å²) < 4.78 is 26.5. The number of piperazine rings is 1. The zero-order valence-corrected chi connectivity index (χ0v) is 12.3. The summed E-state index contributed by atoms with van der Waals surface area (Å²) in [6.07, 6.45) is 2.10. The maximum atomic E-state index is 12.6. The van der Waals surface area contributed by atoms with Crippen molar-refractivity contribution in [2.24, 2.45) is 0 Å². The van der Waals surface area contributed by atoms with E-state index in [4.69, 9.17) is 0 Å². The Balaban J connectivity index is 1.82. The van der Waals surface area contributed by atoms with Gasteiger partial charge in [-0.2, -0.15) is 4.31 Å². The molecule has 0 atom stereocenters. The molecular weight excluding hydrogens is 276 g/mol. The number of sulfonamides is 1. The van der Waals surface area contributed by atoms with E-state index in [0.29, 0.717) is 29.6 Å².